The number of nitrogens with two attached hydrogens (primary N) is 1. The third-order valence-electron chi connectivity index (χ3n) is 4.42. The van der Waals surface area contributed by atoms with E-state index in [2.05, 4.69) is 30.5 Å². The molecule has 0 atom stereocenters. The number of alkyl halides is 1. The first-order chi connectivity index (χ1) is 16.6. The second-order valence-electron chi connectivity index (χ2n) is 6.81. The monoisotopic (exact) mass is 534 g/mol. The molecule has 0 radical (unpaired) electrons. The van der Waals surface area contributed by atoms with Crippen molar-refractivity contribution in [2.75, 3.05) is 5.73 Å². The highest BCUT2D eigenvalue weighted by molar-refractivity contribution is 9.08. The number of nitrogens with zero attached hydrogens (tertiary/aromatic N) is 5. The number of nitro benzene ring substituents is 2. The summed E-state index contributed by atoms with van der Waals surface area (Å²) in [7, 11) is 0. The lowest BCUT2D eigenvalue weighted by Gasteiger charge is -1.98. The normalized spacial score (nSPS) is 9.03. The molecule has 2 N–H and O–H groups in total. The van der Waals surface area contributed by atoms with Crippen molar-refractivity contribution < 1.29 is 9.85 Å². The van der Waals surface area contributed by atoms with Gasteiger partial charge in [-0.15, -0.1) is 0 Å². The number of anilines is 1. The largest absolute Gasteiger partial charge is 0.400 e. The maximum Gasteiger partial charge on any atom is 0.259 e. The quantitative estimate of drug-likeness (QED) is 0.121. The van der Waals surface area contributed by atoms with Crippen LogP contribution < -0.4 is 5.73 Å². The Morgan fingerprint density at radius 3 is 1.63 bits per heavy atom. The van der Waals surface area contributed by atoms with E-state index in [0.717, 1.165) is 16.7 Å². The van der Waals surface area contributed by atoms with Crippen LogP contribution in [0.3, 0.4) is 0 Å². The van der Waals surface area contributed by atoms with E-state index < -0.39 is 9.85 Å². The van der Waals surface area contributed by atoms with E-state index in [-0.39, 0.29) is 11.4 Å². The second kappa shape index (κ2) is 13.7. The van der Waals surface area contributed by atoms with Gasteiger partial charge in [0.1, 0.15) is 0 Å². The number of nitrogen functional groups attached to an aromatic ring is 1. The molecule has 10 nitrogen and oxygen atoms in total. The van der Waals surface area contributed by atoms with E-state index in [1.165, 1.54) is 24.3 Å². The van der Waals surface area contributed by atoms with Crippen molar-refractivity contribution in [1.29, 1.82) is 0 Å². The number of hydrogen-bond donors (Lipinski definition) is 1. The SMILES string of the molecule is [C-]#[N+]c1cc(N)ccc1C.[C-]#[N+]c1cc([N+](=O)[O-])ccc1C.[C-]#[N+]c1cc([N+](=O)[O-])ccc1CBr. The highest BCUT2D eigenvalue weighted by Gasteiger charge is 2.09. The summed E-state index contributed by atoms with van der Waals surface area (Å²) in [5, 5.41) is 21.2. The summed E-state index contributed by atoms with van der Waals surface area (Å²) in [6.45, 7) is 23.9. The maximum atomic E-state index is 10.4. The van der Waals surface area contributed by atoms with Gasteiger partial charge in [-0.1, -0.05) is 34.1 Å². The fourth-order valence-electron chi connectivity index (χ4n) is 2.46. The number of hydrogen-bond acceptors (Lipinski definition) is 5. The molecule has 0 spiro atoms. The number of benzene rings is 3. The zero-order valence-corrected chi connectivity index (χ0v) is 20.3. The van der Waals surface area contributed by atoms with E-state index in [0.29, 0.717) is 28.1 Å². The number of non-ortho nitro benzene ring substituents is 2. The average molecular weight is 535 g/mol. The first-order valence-corrected chi connectivity index (χ1v) is 10.8. The van der Waals surface area contributed by atoms with Gasteiger partial charge in [-0.05, 0) is 42.7 Å². The van der Waals surface area contributed by atoms with Crippen LogP contribution in [0.5, 0.6) is 0 Å². The molecule has 3 rings (SSSR count). The molecule has 0 aliphatic carbocycles. The molecule has 0 saturated carbocycles. The highest BCUT2D eigenvalue weighted by atomic mass is 79.9. The van der Waals surface area contributed by atoms with Crippen molar-refractivity contribution in [2.24, 2.45) is 0 Å². The topological polar surface area (TPSA) is 125 Å². The van der Waals surface area contributed by atoms with Crippen LogP contribution in [0.15, 0.2) is 54.6 Å². The standard InChI is InChI=1S/C8H5BrN2O2.C8H6N2O2.C8H8N2/c1-10-8-4-7(11(12)13)3-2-6(8)5-9;1-6-3-4-7(10(11)12)5-8(6)9-2;1-6-3-4-7(9)5-8(6)10-2/h2-4H,5H2;3-5H,1H3;3-5H,9H2,1H3. The van der Waals surface area contributed by atoms with Crippen LogP contribution in [0.25, 0.3) is 14.5 Å². The Morgan fingerprint density at radius 2 is 1.20 bits per heavy atom. The van der Waals surface area contributed by atoms with Crippen LogP contribution in [0.1, 0.15) is 16.7 Å². The van der Waals surface area contributed by atoms with Crippen LogP contribution in [0.2, 0.25) is 0 Å². The first kappa shape index (κ1) is 28.2. The van der Waals surface area contributed by atoms with Gasteiger partial charge in [0, 0.05) is 35.3 Å². The average Bonchev–Trinajstić information content (AvgIpc) is 2.85. The summed E-state index contributed by atoms with van der Waals surface area (Å²) in [6.07, 6.45) is 0. The van der Waals surface area contributed by atoms with Crippen molar-refractivity contribution >= 4 is 50.1 Å². The Morgan fingerprint density at radius 1 is 0.771 bits per heavy atom. The summed E-state index contributed by atoms with van der Waals surface area (Å²) in [5.41, 5.74) is 9.83. The predicted molar refractivity (Wildman–Crippen MR) is 138 cm³/mol. The molecule has 0 unspecified atom stereocenters. The van der Waals surface area contributed by atoms with Crippen LogP contribution in [0, 0.1) is 53.8 Å². The fraction of sp³-hybridized carbons (Fsp3) is 0.125. The molecule has 3 aromatic carbocycles. The predicted octanol–water partition coefficient (Wildman–Crippen LogP) is 7.62. The van der Waals surface area contributed by atoms with Crippen molar-refractivity contribution in [3.63, 3.8) is 0 Å². The van der Waals surface area contributed by atoms with Crippen molar-refractivity contribution in [3.8, 4) is 0 Å². The van der Waals surface area contributed by atoms with Gasteiger partial charge in [0.2, 0.25) is 0 Å². The van der Waals surface area contributed by atoms with Crippen LogP contribution in [0.4, 0.5) is 34.1 Å². The molecule has 0 amide bonds. The second-order valence-corrected chi connectivity index (χ2v) is 7.37. The van der Waals surface area contributed by atoms with Gasteiger partial charge in [-0.3, -0.25) is 20.2 Å². The molecule has 35 heavy (non-hydrogen) atoms. The Labute approximate surface area is 210 Å². The van der Waals surface area contributed by atoms with Gasteiger partial charge in [0.05, 0.1) is 29.6 Å². The lowest BCUT2D eigenvalue weighted by molar-refractivity contribution is -0.385. The molecule has 0 aliphatic heterocycles. The van der Waals surface area contributed by atoms with Crippen molar-refractivity contribution in [3.05, 3.63) is 126 Å². The van der Waals surface area contributed by atoms with Crippen LogP contribution >= 0.6 is 15.9 Å². The van der Waals surface area contributed by atoms with Crippen LogP contribution in [-0.4, -0.2) is 9.85 Å². The summed E-state index contributed by atoms with van der Waals surface area (Å²) in [4.78, 5) is 29.3. The van der Waals surface area contributed by atoms with Gasteiger partial charge in [-0.2, -0.15) is 0 Å². The molecule has 0 heterocycles. The Hall–Kier alpha value is -4.79. The van der Waals surface area contributed by atoms with Crippen molar-refractivity contribution in [2.45, 2.75) is 19.2 Å². The molecule has 0 fully saturated rings. The Balaban J connectivity index is 0.000000265. The third-order valence-corrected chi connectivity index (χ3v) is 5.03. The molecule has 0 aliphatic rings. The van der Waals surface area contributed by atoms with Gasteiger partial charge in [-0.25, -0.2) is 14.5 Å². The number of nitro groups is 2. The minimum Gasteiger partial charge on any atom is -0.400 e. The lowest BCUT2D eigenvalue weighted by atomic mass is 10.2. The molecule has 176 valence electrons. The molecule has 0 aromatic heterocycles. The smallest absolute Gasteiger partial charge is 0.259 e. The molecular weight excluding hydrogens is 516 g/mol. The number of aryl methyl sites for hydroxylation is 2. The highest BCUT2D eigenvalue weighted by Crippen LogP contribution is 2.27. The van der Waals surface area contributed by atoms with Crippen molar-refractivity contribution in [1.82, 2.24) is 0 Å². The fourth-order valence-corrected chi connectivity index (χ4v) is 2.94. The maximum absolute atomic E-state index is 10.4. The van der Waals surface area contributed by atoms with E-state index in [9.17, 15) is 20.2 Å². The Bertz CT molecular complexity index is 1370. The zero-order chi connectivity index (χ0) is 26.5. The summed E-state index contributed by atoms with van der Waals surface area (Å²) in [5.74, 6) is 0. The lowest BCUT2D eigenvalue weighted by Crippen LogP contribution is -1.88. The van der Waals surface area contributed by atoms with E-state index in [4.69, 9.17) is 25.5 Å². The van der Waals surface area contributed by atoms with E-state index in [1.807, 2.05) is 13.0 Å². The molecule has 3 aromatic rings. The zero-order valence-electron chi connectivity index (χ0n) is 18.7. The summed E-state index contributed by atoms with van der Waals surface area (Å²) >= 11 is 3.20. The molecule has 0 bridgehead atoms. The molecule has 11 heteroatoms. The van der Waals surface area contributed by atoms with Crippen LogP contribution in [-0.2, 0) is 5.33 Å². The van der Waals surface area contributed by atoms with E-state index >= 15 is 0 Å². The number of rotatable bonds is 3. The van der Waals surface area contributed by atoms with Gasteiger partial charge >= 0.3 is 0 Å². The summed E-state index contributed by atoms with van der Waals surface area (Å²) in [6, 6.07) is 13.8. The van der Waals surface area contributed by atoms with Gasteiger partial charge in [0.15, 0.2) is 17.1 Å². The molecule has 0 saturated heterocycles. The van der Waals surface area contributed by atoms with E-state index in [1.54, 1.807) is 31.2 Å². The Kier molecular flexibility index (Phi) is 11.0. The van der Waals surface area contributed by atoms with Gasteiger partial charge < -0.3 is 5.73 Å². The van der Waals surface area contributed by atoms with Gasteiger partial charge in [0.25, 0.3) is 11.4 Å². The molecular formula is C24H19BrN6O4. The minimum absolute atomic E-state index is 0.0356. The third kappa shape index (κ3) is 8.58. The number of halogens is 1. The minimum atomic E-state index is -0.507. The first-order valence-electron chi connectivity index (χ1n) is 9.64. The summed E-state index contributed by atoms with van der Waals surface area (Å²) < 4.78 is 0.